The smallest absolute Gasteiger partial charge is 0.156 e. The maximum absolute atomic E-state index is 13.5. The summed E-state index contributed by atoms with van der Waals surface area (Å²) < 4.78 is 65.9. The van der Waals surface area contributed by atoms with E-state index in [1.807, 2.05) is 0 Å². The molecule has 6 rings (SSSR count). The van der Waals surface area contributed by atoms with E-state index in [4.69, 9.17) is 32.7 Å². The quantitative estimate of drug-likeness (QED) is 0.207. The minimum atomic E-state index is -3.10. The Morgan fingerprint density at radius 3 is 0.875 bits per heavy atom. The van der Waals surface area contributed by atoms with Gasteiger partial charge in [-0.2, -0.15) is 0 Å². The van der Waals surface area contributed by atoms with Crippen LogP contribution in [0, 0.1) is 11.8 Å². The number of ketones is 1. The van der Waals surface area contributed by atoms with Crippen molar-refractivity contribution in [1.29, 1.82) is 0 Å². The highest BCUT2D eigenvalue weighted by atomic mass is 35.5. The van der Waals surface area contributed by atoms with Gasteiger partial charge in [0.05, 0.1) is 45.4 Å². The third-order valence-electron chi connectivity index (χ3n) is 13.2. The van der Waals surface area contributed by atoms with Crippen LogP contribution in [0.1, 0.15) is 154 Å². The topological polar surface area (TPSA) is 104 Å². The molecule has 0 aliphatic heterocycles. The Labute approximate surface area is 300 Å². The van der Waals surface area contributed by atoms with Crippen molar-refractivity contribution in [2.45, 2.75) is 210 Å². The number of halogens is 2. The van der Waals surface area contributed by atoms with Crippen molar-refractivity contribution in [3.05, 3.63) is 0 Å². The van der Waals surface area contributed by atoms with Crippen molar-refractivity contribution in [3.8, 4) is 0 Å². The van der Waals surface area contributed by atoms with Crippen LogP contribution >= 0.6 is 23.2 Å². The van der Waals surface area contributed by atoms with E-state index in [-0.39, 0.29) is 68.0 Å². The van der Waals surface area contributed by atoms with E-state index in [1.54, 1.807) is 0 Å². The van der Waals surface area contributed by atoms with E-state index in [1.165, 1.54) is 0 Å². The van der Waals surface area contributed by atoms with Crippen LogP contribution in [0.25, 0.3) is 0 Å². The molecule has 0 saturated heterocycles. The number of hydrogen-bond donors (Lipinski definition) is 0. The molecule has 7 nitrogen and oxygen atoms in total. The molecule has 6 saturated carbocycles. The zero-order valence-electron chi connectivity index (χ0n) is 28.8. The number of hydrogen-bond acceptors (Lipinski definition) is 7. The Morgan fingerprint density at radius 1 is 0.375 bits per heavy atom. The van der Waals surface area contributed by atoms with Crippen molar-refractivity contribution < 1.29 is 31.1 Å². The minimum Gasteiger partial charge on any atom is -0.375 e. The lowest BCUT2D eigenvalue weighted by Gasteiger charge is -2.37. The molecular formula is C37H60Cl2O7S2. The van der Waals surface area contributed by atoms with Crippen LogP contribution in [0.15, 0.2) is 0 Å². The molecule has 0 heterocycles. The summed E-state index contributed by atoms with van der Waals surface area (Å²) in [5.41, 5.74) is 0. The zero-order chi connectivity index (χ0) is 33.9. The Morgan fingerprint density at radius 2 is 0.604 bits per heavy atom. The third-order valence-corrected chi connectivity index (χ3v) is 19.7. The van der Waals surface area contributed by atoms with Gasteiger partial charge in [0.15, 0.2) is 19.7 Å². The van der Waals surface area contributed by atoms with Gasteiger partial charge in [0.25, 0.3) is 0 Å². The fraction of sp³-hybridized carbons (Fsp3) is 0.973. The maximum Gasteiger partial charge on any atom is 0.156 e. The van der Waals surface area contributed by atoms with Crippen LogP contribution in [-0.2, 0) is 33.9 Å². The molecule has 11 heteroatoms. The van der Waals surface area contributed by atoms with Gasteiger partial charge >= 0.3 is 0 Å². The van der Waals surface area contributed by atoms with E-state index in [2.05, 4.69) is 0 Å². The molecule has 0 aromatic carbocycles. The lowest BCUT2D eigenvalue weighted by atomic mass is 9.75. The highest BCUT2D eigenvalue weighted by molar-refractivity contribution is 7.92. The first kappa shape index (κ1) is 37.8. The average Bonchev–Trinajstić information content (AvgIpc) is 3.09. The lowest BCUT2D eigenvalue weighted by molar-refractivity contribution is -0.132. The minimum absolute atomic E-state index is 0.130. The molecule has 0 spiro atoms. The summed E-state index contributed by atoms with van der Waals surface area (Å²) in [5, 5.41) is -0.623. The summed E-state index contributed by atoms with van der Waals surface area (Å²) in [7, 11) is -6.20. The largest absolute Gasteiger partial charge is 0.375 e. The first-order valence-corrected chi connectivity index (χ1v) is 23.7. The average molecular weight is 752 g/mol. The van der Waals surface area contributed by atoms with Crippen LogP contribution in [0.2, 0.25) is 0 Å². The highest BCUT2D eigenvalue weighted by Crippen LogP contribution is 2.40. The first-order valence-electron chi connectivity index (χ1n) is 19.6. The van der Waals surface area contributed by atoms with Crippen molar-refractivity contribution >= 4 is 48.7 Å². The van der Waals surface area contributed by atoms with E-state index in [0.717, 1.165) is 103 Å². The number of rotatable bonds is 10. The molecule has 0 aromatic heterocycles. The van der Waals surface area contributed by atoms with E-state index < -0.39 is 19.7 Å². The van der Waals surface area contributed by atoms with Crippen LogP contribution < -0.4 is 0 Å². The molecule has 6 fully saturated rings. The number of ether oxygens (including phenoxy) is 2. The van der Waals surface area contributed by atoms with Crippen LogP contribution in [0.3, 0.4) is 0 Å². The molecule has 0 radical (unpaired) electrons. The van der Waals surface area contributed by atoms with Crippen LogP contribution in [0.4, 0.5) is 0 Å². The molecule has 0 atom stereocenters. The molecule has 0 N–H and O–H groups in total. The molecule has 6 aliphatic rings. The molecule has 276 valence electrons. The number of alkyl halides is 2. The summed E-state index contributed by atoms with van der Waals surface area (Å²) in [5.74, 6) is 0.704. The van der Waals surface area contributed by atoms with Gasteiger partial charge < -0.3 is 9.47 Å². The van der Waals surface area contributed by atoms with E-state index in [9.17, 15) is 21.6 Å². The molecule has 0 bridgehead atoms. The van der Waals surface area contributed by atoms with Crippen molar-refractivity contribution in [3.63, 3.8) is 0 Å². The van der Waals surface area contributed by atoms with Gasteiger partial charge in [0, 0.05) is 22.6 Å². The SMILES string of the molecule is O=C(C1CCC(OC2CCC(S(=O)(=O)C3CCC(Cl)CC3)CC2)CC1)C1CCC(OC2CCC(S(=O)(=O)C3CCC(Cl)CC3)CC2)CC1. The summed E-state index contributed by atoms with van der Waals surface area (Å²) in [6.07, 6.45) is 20.0. The second kappa shape index (κ2) is 16.8. The fourth-order valence-corrected chi connectivity index (χ4v) is 15.4. The normalized spacial score (nSPS) is 42.2. The summed E-state index contributed by atoms with van der Waals surface area (Å²) in [4.78, 5) is 13.5. The van der Waals surface area contributed by atoms with Gasteiger partial charge in [-0.25, -0.2) is 16.8 Å². The van der Waals surface area contributed by atoms with Crippen molar-refractivity contribution in [1.82, 2.24) is 0 Å². The van der Waals surface area contributed by atoms with Gasteiger partial charge in [-0.1, -0.05) is 0 Å². The molecule has 6 aliphatic carbocycles. The van der Waals surface area contributed by atoms with E-state index in [0.29, 0.717) is 57.1 Å². The Bertz CT molecular complexity index is 1150. The van der Waals surface area contributed by atoms with Crippen LogP contribution in [-0.4, -0.2) is 78.8 Å². The molecule has 0 amide bonds. The lowest BCUT2D eigenvalue weighted by Crippen LogP contribution is -2.40. The number of carbonyl (C=O) groups is 1. The number of Topliss-reactive ketones (excluding diaryl/α,β-unsaturated/α-hetero) is 1. The molecule has 48 heavy (non-hydrogen) atoms. The van der Waals surface area contributed by atoms with E-state index >= 15 is 0 Å². The number of carbonyl (C=O) groups excluding carboxylic acids is 1. The first-order chi connectivity index (χ1) is 23.0. The Hall–Kier alpha value is 0.0700. The second-order valence-corrected chi connectivity index (χ2v) is 22.6. The van der Waals surface area contributed by atoms with Crippen molar-refractivity contribution in [2.75, 3.05) is 0 Å². The highest BCUT2D eigenvalue weighted by Gasteiger charge is 2.41. The standard InChI is InChI=1S/C37H60Cl2O7S2/c38-27-5-17-33(18-6-27)47(41,42)35-21-13-31(14-22-35)45-29-9-1-25(2-10-29)37(40)26-3-11-30(12-4-26)46-32-15-23-36(24-16-32)48(43,44)34-19-7-28(39)8-20-34/h25-36H,1-24H2. The zero-order valence-corrected chi connectivity index (χ0v) is 32.0. The van der Waals surface area contributed by atoms with Gasteiger partial charge in [0.1, 0.15) is 5.78 Å². The van der Waals surface area contributed by atoms with Gasteiger partial charge in [-0.15, -0.1) is 23.2 Å². The second-order valence-electron chi connectivity index (χ2n) is 16.3. The monoisotopic (exact) mass is 750 g/mol. The third kappa shape index (κ3) is 9.35. The van der Waals surface area contributed by atoms with Gasteiger partial charge in [-0.05, 0) is 154 Å². The summed E-state index contributed by atoms with van der Waals surface area (Å²) in [6.45, 7) is 0. The van der Waals surface area contributed by atoms with Crippen LogP contribution in [0.5, 0.6) is 0 Å². The predicted molar refractivity (Wildman–Crippen MR) is 192 cm³/mol. The fourth-order valence-electron chi connectivity index (χ4n) is 10.1. The summed E-state index contributed by atoms with van der Waals surface area (Å²) >= 11 is 12.4. The molecular weight excluding hydrogens is 691 g/mol. The Balaban J connectivity index is 0.850. The summed E-state index contributed by atoms with van der Waals surface area (Å²) in [6, 6.07) is 0. The Kier molecular flexibility index (Phi) is 13.3. The van der Waals surface area contributed by atoms with Gasteiger partial charge in [-0.3, -0.25) is 4.79 Å². The van der Waals surface area contributed by atoms with Crippen molar-refractivity contribution in [2.24, 2.45) is 11.8 Å². The molecule has 0 aromatic rings. The maximum atomic E-state index is 13.5. The number of sulfone groups is 2. The predicted octanol–water partition coefficient (Wildman–Crippen LogP) is 8.26. The van der Waals surface area contributed by atoms with Gasteiger partial charge in [0.2, 0.25) is 0 Å². The molecule has 0 unspecified atom stereocenters.